The van der Waals surface area contributed by atoms with Gasteiger partial charge in [0.25, 0.3) is 0 Å². The molecule has 80 heavy (non-hydrogen) atoms. The van der Waals surface area contributed by atoms with Gasteiger partial charge in [0.05, 0.1) is 22.3 Å². The van der Waals surface area contributed by atoms with Gasteiger partial charge in [-0.1, -0.05) is 238 Å². The summed E-state index contributed by atoms with van der Waals surface area (Å²) in [4.78, 5) is 52.9. The molecule has 0 N–H and O–H groups in total. The third-order valence-corrected chi connectivity index (χ3v) is 44.8. The first-order valence-electron chi connectivity index (χ1n) is 30.2. The molecule has 6 aromatic rings. The number of hydrogen-bond acceptors (Lipinski definition) is 6. The molecule has 0 unspecified atom stereocenters. The smallest absolute Gasteiger partial charge is 0.234 e. The number of carbonyl (C=O) groups excluding carboxylic acids is 2. The summed E-state index contributed by atoms with van der Waals surface area (Å²) in [5.41, 5.74) is 25.1. The lowest BCUT2D eigenvalue weighted by Gasteiger charge is -2.38. The van der Waals surface area contributed by atoms with E-state index in [-0.39, 0.29) is 22.8 Å². The zero-order valence-corrected chi connectivity index (χ0v) is 57.2. The summed E-state index contributed by atoms with van der Waals surface area (Å²) in [6.07, 6.45) is 0. The second-order valence-corrected chi connectivity index (χ2v) is 49.4. The molecule has 0 spiro atoms. The van der Waals surface area contributed by atoms with Crippen molar-refractivity contribution in [1.29, 1.82) is 0 Å². The van der Waals surface area contributed by atoms with Crippen molar-refractivity contribution >= 4 is 87.5 Å². The lowest BCUT2D eigenvalue weighted by atomic mass is 9.93. The van der Waals surface area contributed by atoms with Crippen LogP contribution in [0.4, 0.5) is 0 Å². The van der Waals surface area contributed by atoms with Crippen molar-refractivity contribution in [2.75, 3.05) is 0 Å². The fourth-order valence-electron chi connectivity index (χ4n) is 15.7. The first-order chi connectivity index (χ1) is 37.4. The molecule has 1 aliphatic rings. The van der Waals surface area contributed by atoms with Gasteiger partial charge in [-0.25, -0.2) is 19.9 Å². The van der Waals surface area contributed by atoms with Crippen molar-refractivity contribution in [1.82, 2.24) is 19.9 Å². The van der Waals surface area contributed by atoms with E-state index in [1.165, 1.54) is 0 Å². The molecule has 1 aliphatic carbocycles. The minimum atomic E-state index is -2.29. The highest BCUT2D eigenvalue weighted by Gasteiger charge is 2.46. The van der Waals surface area contributed by atoms with Crippen LogP contribution in [0.5, 0.6) is 0 Å². The van der Waals surface area contributed by atoms with Crippen molar-refractivity contribution < 1.29 is 9.59 Å². The second-order valence-electron chi connectivity index (χ2n) is 27.1. The van der Waals surface area contributed by atoms with Gasteiger partial charge in [0.2, 0.25) is 11.6 Å². The van der Waals surface area contributed by atoms with E-state index in [1.54, 1.807) is 0 Å². The van der Waals surface area contributed by atoms with Gasteiger partial charge in [0.1, 0.15) is 77.1 Å². The Morgan fingerprint density at radius 1 is 0.275 bits per heavy atom. The molecule has 2 aromatic heterocycles. The van der Waals surface area contributed by atoms with Crippen LogP contribution in [-0.2, 0) is 0 Å². The highest BCUT2D eigenvalue weighted by Crippen LogP contribution is 2.46. The van der Waals surface area contributed by atoms with Gasteiger partial charge in [-0.3, -0.25) is 9.59 Å². The molecule has 6 nitrogen and oxygen atoms in total. The molecule has 420 valence electrons. The van der Waals surface area contributed by atoms with Gasteiger partial charge in [-0.05, 0) is 66.5 Å². The van der Waals surface area contributed by atoms with E-state index in [4.69, 9.17) is 19.9 Å². The summed E-state index contributed by atoms with van der Waals surface area (Å²) in [5.74, 6) is 14.2. The van der Waals surface area contributed by atoms with Crippen molar-refractivity contribution in [3.05, 3.63) is 93.6 Å². The van der Waals surface area contributed by atoms with E-state index in [0.29, 0.717) is 111 Å². The van der Waals surface area contributed by atoms with E-state index >= 15 is 9.59 Å². The quantitative estimate of drug-likeness (QED) is 0.0688. The number of hydrogen-bond donors (Lipinski definition) is 0. The molecule has 0 saturated heterocycles. The zero-order chi connectivity index (χ0) is 59.5. The largest absolute Gasteiger partial charge is 0.285 e. The van der Waals surface area contributed by atoms with Gasteiger partial charge in [-0.15, -0.1) is 22.2 Å². The molecular formula is C70H92N4O2Si4. The summed E-state index contributed by atoms with van der Waals surface area (Å²) < 4.78 is 0. The second kappa shape index (κ2) is 23.4. The third kappa shape index (κ3) is 10.0. The Labute approximate surface area is 486 Å². The van der Waals surface area contributed by atoms with Crippen LogP contribution in [0.3, 0.4) is 0 Å². The molecule has 0 amide bonds. The Hall–Kier alpha value is -5.47. The van der Waals surface area contributed by atoms with Crippen LogP contribution in [0.25, 0.3) is 43.6 Å². The number of fused-ring (bicyclic) bond motifs is 6. The van der Waals surface area contributed by atoms with Crippen LogP contribution in [0, 0.1) is 45.9 Å². The van der Waals surface area contributed by atoms with Crippen molar-refractivity contribution in [2.45, 2.75) is 233 Å². The van der Waals surface area contributed by atoms with E-state index in [1.807, 2.05) is 24.3 Å². The highest BCUT2D eigenvalue weighted by molar-refractivity contribution is 6.92. The van der Waals surface area contributed by atoms with E-state index in [9.17, 15) is 0 Å². The summed E-state index contributed by atoms with van der Waals surface area (Å²) in [7, 11) is -9.17. The molecule has 10 heteroatoms. The standard InChI is InChI=1S/C70H92N4O2Si4/c1-41(2)77(42(3)4,43(5)6)37-33-57-53-29-25-26-30-54(53)58(34-38-78(44(7)8,45(9)10)46(11)12)62-61(57)71-65-66(72-62)70(76)68-67(69(65)75)73-63-59(35-39-79(47(13)14,48(15)16)49(17)18)55-31-27-28-32-56(55)60(64(63)74-68)36-40-80(50(19)20,51(21)22)52(23)24/h25-32,41-52H,1-24H3. The zero-order valence-electron chi connectivity index (χ0n) is 53.2. The van der Waals surface area contributed by atoms with Crippen molar-refractivity contribution in [3.8, 4) is 45.9 Å². The topological polar surface area (TPSA) is 85.7 Å². The summed E-state index contributed by atoms with van der Waals surface area (Å²) in [5, 5.41) is 3.63. The molecule has 0 fully saturated rings. The van der Waals surface area contributed by atoms with Gasteiger partial charge < -0.3 is 0 Å². The molecule has 7 rings (SSSR count). The Bertz CT molecular complexity index is 3130. The fraction of sp³-hybridized carbons (Fsp3) is 0.514. The minimum absolute atomic E-state index is 0.0443. The third-order valence-electron chi connectivity index (χ3n) is 19.6. The molecular weight excluding hydrogens is 1040 g/mol. The average molecular weight is 1130 g/mol. The Kier molecular flexibility index (Phi) is 18.2. The Morgan fingerprint density at radius 3 is 0.562 bits per heavy atom. The maximum absolute atomic E-state index is 15.7. The number of ketones is 2. The van der Waals surface area contributed by atoms with Gasteiger partial charge in [0, 0.05) is 21.5 Å². The van der Waals surface area contributed by atoms with Crippen LogP contribution >= 0.6 is 0 Å². The molecule has 2 heterocycles. The van der Waals surface area contributed by atoms with E-state index < -0.39 is 43.9 Å². The molecule has 0 saturated carbocycles. The normalized spacial score (nSPS) is 13.5. The Morgan fingerprint density at radius 2 is 0.425 bits per heavy atom. The average Bonchev–Trinajstić information content (AvgIpc) is 3.57. The maximum Gasteiger partial charge on any atom is 0.234 e. The number of rotatable bonds is 12. The first kappa shape index (κ1) is 62.1. The van der Waals surface area contributed by atoms with Gasteiger partial charge in [0.15, 0.2) is 0 Å². The van der Waals surface area contributed by atoms with Crippen LogP contribution < -0.4 is 0 Å². The lowest BCUT2D eigenvalue weighted by molar-refractivity contribution is 0.0965. The van der Waals surface area contributed by atoms with Gasteiger partial charge >= 0.3 is 0 Å². The summed E-state index contributed by atoms with van der Waals surface area (Å²) in [6, 6.07) is 16.6. The minimum Gasteiger partial charge on any atom is -0.285 e. The predicted octanol–water partition coefficient (Wildman–Crippen LogP) is 18.9. The number of nitrogens with zero attached hydrogens (tertiary/aromatic N) is 4. The Balaban J connectivity index is 1.69. The monoisotopic (exact) mass is 1130 g/mol. The summed E-state index contributed by atoms with van der Waals surface area (Å²) in [6.45, 7) is 55.6. The summed E-state index contributed by atoms with van der Waals surface area (Å²) >= 11 is 0. The fourth-order valence-corrected chi connectivity index (χ4v) is 36.5. The number of aromatic nitrogens is 4. The first-order valence-corrected chi connectivity index (χ1v) is 39.1. The number of benzene rings is 4. The molecule has 0 aliphatic heterocycles. The van der Waals surface area contributed by atoms with E-state index in [0.717, 1.165) is 21.5 Å². The highest BCUT2D eigenvalue weighted by atomic mass is 28.3. The van der Waals surface area contributed by atoms with Crippen molar-refractivity contribution in [2.24, 2.45) is 0 Å². The SMILES string of the molecule is CC(C)[Si](C#Cc1c2ccccc2c(C#C[Si](C(C)C)(C(C)C)C(C)C)c2nc3c(nc12)C(=O)c1nc2c(C#C[Si](C(C)C)(C(C)C)C(C)C)c4ccccc4c(C#C[Si](C(C)C)(C(C)C)C(C)C)c2nc1C3=O)(C(C)C)C(C)C. The van der Waals surface area contributed by atoms with Crippen molar-refractivity contribution in [3.63, 3.8) is 0 Å². The molecule has 0 atom stereocenters. The maximum atomic E-state index is 15.7. The van der Waals surface area contributed by atoms with Crippen LogP contribution in [0.1, 0.15) is 221 Å². The van der Waals surface area contributed by atoms with Crippen LogP contribution in [0.2, 0.25) is 66.5 Å². The predicted molar refractivity (Wildman–Crippen MR) is 353 cm³/mol. The molecule has 0 bridgehead atoms. The number of carbonyl (C=O) groups is 2. The molecule has 4 aromatic carbocycles. The molecule has 0 radical (unpaired) electrons. The van der Waals surface area contributed by atoms with E-state index in [2.05, 4.69) is 236 Å². The van der Waals surface area contributed by atoms with Gasteiger partial charge in [-0.2, -0.15) is 0 Å². The van der Waals surface area contributed by atoms with Crippen LogP contribution in [0.15, 0.2) is 48.5 Å². The van der Waals surface area contributed by atoms with Crippen LogP contribution in [-0.4, -0.2) is 63.8 Å². The lowest BCUT2D eigenvalue weighted by Crippen LogP contribution is -2.43.